The van der Waals surface area contributed by atoms with E-state index in [0.717, 1.165) is 18.6 Å². The molecule has 0 heterocycles. The molecule has 0 radical (unpaired) electrons. The van der Waals surface area contributed by atoms with Crippen molar-refractivity contribution in [2.75, 3.05) is 13.7 Å². The Morgan fingerprint density at radius 1 is 1.29 bits per heavy atom. The van der Waals surface area contributed by atoms with E-state index in [0.29, 0.717) is 6.61 Å². The lowest BCUT2D eigenvalue weighted by Crippen LogP contribution is -1.98. The van der Waals surface area contributed by atoms with Crippen LogP contribution in [0, 0.1) is 0 Å². The van der Waals surface area contributed by atoms with E-state index in [1.165, 1.54) is 11.6 Å². The van der Waals surface area contributed by atoms with Crippen LogP contribution in [0.15, 0.2) is 36.4 Å². The summed E-state index contributed by atoms with van der Waals surface area (Å²) in [5.41, 5.74) is 1.22. The molecule has 0 atom stereocenters. The Kier molecular flexibility index (Phi) is 5.86. The molecular formula is C14H18O3. The molecule has 0 saturated heterocycles. The molecule has 0 fully saturated rings. The van der Waals surface area contributed by atoms with Gasteiger partial charge in [-0.1, -0.05) is 18.2 Å². The third-order valence-electron chi connectivity index (χ3n) is 2.30. The van der Waals surface area contributed by atoms with Crippen molar-refractivity contribution < 1.29 is 14.3 Å². The van der Waals surface area contributed by atoms with Gasteiger partial charge < -0.3 is 9.47 Å². The highest BCUT2D eigenvalue weighted by atomic mass is 16.5. The van der Waals surface area contributed by atoms with E-state index in [2.05, 4.69) is 0 Å². The quantitative estimate of drug-likeness (QED) is 0.561. The first-order valence-electron chi connectivity index (χ1n) is 5.72. The standard InChI is InChI=1S/C14H18O3/c1-3-17-14(15)7-5-4-6-12-8-10-13(16-2)11-9-12/h5,7-11H,3-4,6H2,1-2H3/b7-5+. The van der Waals surface area contributed by atoms with Gasteiger partial charge in [-0.25, -0.2) is 4.79 Å². The Morgan fingerprint density at radius 2 is 2.00 bits per heavy atom. The number of aryl methyl sites for hydroxylation is 1. The molecule has 1 aromatic rings. The first kappa shape index (κ1) is 13.3. The predicted molar refractivity (Wildman–Crippen MR) is 67.1 cm³/mol. The summed E-state index contributed by atoms with van der Waals surface area (Å²) in [4.78, 5) is 11.0. The van der Waals surface area contributed by atoms with Crippen molar-refractivity contribution in [3.05, 3.63) is 42.0 Å². The van der Waals surface area contributed by atoms with Crippen molar-refractivity contribution in [2.24, 2.45) is 0 Å². The molecule has 0 aliphatic carbocycles. The average molecular weight is 234 g/mol. The Bertz CT molecular complexity index is 366. The van der Waals surface area contributed by atoms with Crippen LogP contribution in [-0.2, 0) is 16.0 Å². The fraction of sp³-hybridized carbons (Fsp3) is 0.357. The van der Waals surface area contributed by atoms with E-state index in [1.54, 1.807) is 14.0 Å². The summed E-state index contributed by atoms with van der Waals surface area (Å²) in [6, 6.07) is 7.92. The van der Waals surface area contributed by atoms with E-state index in [1.807, 2.05) is 30.3 Å². The summed E-state index contributed by atoms with van der Waals surface area (Å²) >= 11 is 0. The van der Waals surface area contributed by atoms with E-state index < -0.39 is 0 Å². The molecule has 1 aromatic carbocycles. The van der Waals surface area contributed by atoms with Gasteiger partial charge in [0.05, 0.1) is 13.7 Å². The van der Waals surface area contributed by atoms with Crippen molar-refractivity contribution in [1.82, 2.24) is 0 Å². The first-order chi connectivity index (χ1) is 8.26. The van der Waals surface area contributed by atoms with Crippen molar-refractivity contribution in [3.63, 3.8) is 0 Å². The maximum absolute atomic E-state index is 11.0. The second-order valence-corrected chi connectivity index (χ2v) is 3.54. The molecule has 1 rings (SSSR count). The van der Waals surface area contributed by atoms with E-state index in [-0.39, 0.29) is 5.97 Å². The molecule has 92 valence electrons. The Morgan fingerprint density at radius 3 is 2.59 bits per heavy atom. The molecule has 0 aromatic heterocycles. The summed E-state index contributed by atoms with van der Waals surface area (Å²) < 4.78 is 9.86. The number of carbonyl (C=O) groups excluding carboxylic acids is 1. The van der Waals surface area contributed by atoms with Crippen LogP contribution in [0.1, 0.15) is 18.9 Å². The monoisotopic (exact) mass is 234 g/mol. The van der Waals surface area contributed by atoms with Crippen LogP contribution < -0.4 is 4.74 Å². The topological polar surface area (TPSA) is 35.5 Å². The molecule has 0 aliphatic rings. The van der Waals surface area contributed by atoms with E-state index in [9.17, 15) is 4.79 Å². The van der Waals surface area contributed by atoms with Crippen molar-refractivity contribution in [1.29, 1.82) is 0 Å². The number of benzene rings is 1. The van der Waals surface area contributed by atoms with Gasteiger partial charge in [-0.05, 0) is 37.5 Å². The number of hydrogen-bond acceptors (Lipinski definition) is 3. The Balaban J connectivity index is 2.32. The highest BCUT2D eigenvalue weighted by molar-refractivity contribution is 5.81. The van der Waals surface area contributed by atoms with E-state index >= 15 is 0 Å². The van der Waals surface area contributed by atoms with Crippen molar-refractivity contribution in [3.8, 4) is 5.75 Å². The molecule has 0 spiro atoms. The molecule has 0 N–H and O–H groups in total. The summed E-state index contributed by atoms with van der Waals surface area (Å²) in [5, 5.41) is 0. The molecule has 0 amide bonds. The molecule has 0 saturated carbocycles. The predicted octanol–water partition coefficient (Wildman–Crippen LogP) is 2.75. The van der Waals surface area contributed by atoms with Gasteiger partial charge in [0, 0.05) is 6.08 Å². The second kappa shape index (κ2) is 7.49. The lowest BCUT2D eigenvalue weighted by atomic mass is 10.1. The largest absolute Gasteiger partial charge is 0.497 e. The molecule has 17 heavy (non-hydrogen) atoms. The zero-order valence-electron chi connectivity index (χ0n) is 10.3. The van der Waals surface area contributed by atoms with Crippen LogP contribution in [0.3, 0.4) is 0 Å². The smallest absolute Gasteiger partial charge is 0.330 e. The third kappa shape index (κ3) is 5.20. The number of hydrogen-bond donors (Lipinski definition) is 0. The maximum atomic E-state index is 11.0. The zero-order valence-corrected chi connectivity index (χ0v) is 10.3. The van der Waals surface area contributed by atoms with Gasteiger partial charge in [-0.3, -0.25) is 0 Å². The SMILES string of the molecule is CCOC(=O)/C=C/CCc1ccc(OC)cc1. The summed E-state index contributed by atoms with van der Waals surface area (Å²) in [6.45, 7) is 2.21. The van der Waals surface area contributed by atoms with Crippen molar-refractivity contribution >= 4 is 5.97 Å². The van der Waals surface area contributed by atoms with Crippen LogP contribution in [0.25, 0.3) is 0 Å². The Labute approximate surface area is 102 Å². The highest BCUT2D eigenvalue weighted by Crippen LogP contribution is 2.12. The number of carbonyl (C=O) groups is 1. The number of allylic oxidation sites excluding steroid dienone is 1. The van der Waals surface area contributed by atoms with Gasteiger partial charge in [0.25, 0.3) is 0 Å². The number of rotatable bonds is 6. The van der Waals surface area contributed by atoms with Crippen molar-refractivity contribution in [2.45, 2.75) is 19.8 Å². The minimum absolute atomic E-state index is 0.276. The van der Waals surface area contributed by atoms with Gasteiger partial charge in [-0.15, -0.1) is 0 Å². The first-order valence-corrected chi connectivity index (χ1v) is 5.72. The van der Waals surface area contributed by atoms with Crippen LogP contribution in [0.5, 0.6) is 5.75 Å². The van der Waals surface area contributed by atoms with Gasteiger partial charge in [-0.2, -0.15) is 0 Å². The van der Waals surface area contributed by atoms with Crippen LogP contribution in [0.4, 0.5) is 0 Å². The van der Waals surface area contributed by atoms with Crippen LogP contribution in [-0.4, -0.2) is 19.7 Å². The summed E-state index contributed by atoms with van der Waals surface area (Å²) in [7, 11) is 1.65. The fourth-order valence-corrected chi connectivity index (χ4v) is 1.41. The molecule has 3 heteroatoms. The van der Waals surface area contributed by atoms with Gasteiger partial charge in [0.15, 0.2) is 0 Å². The van der Waals surface area contributed by atoms with Gasteiger partial charge in [0.2, 0.25) is 0 Å². The zero-order chi connectivity index (χ0) is 12.5. The molecular weight excluding hydrogens is 216 g/mol. The second-order valence-electron chi connectivity index (χ2n) is 3.54. The third-order valence-corrected chi connectivity index (χ3v) is 2.30. The number of esters is 1. The summed E-state index contributed by atoms with van der Waals surface area (Å²) in [5.74, 6) is 0.582. The number of ether oxygens (including phenoxy) is 2. The van der Waals surface area contributed by atoms with Gasteiger partial charge in [0.1, 0.15) is 5.75 Å². The van der Waals surface area contributed by atoms with Gasteiger partial charge >= 0.3 is 5.97 Å². The lowest BCUT2D eigenvalue weighted by Gasteiger charge is -2.01. The fourth-order valence-electron chi connectivity index (χ4n) is 1.41. The maximum Gasteiger partial charge on any atom is 0.330 e. The molecule has 0 bridgehead atoms. The minimum atomic E-state index is -0.276. The molecule has 3 nitrogen and oxygen atoms in total. The summed E-state index contributed by atoms with van der Waals surface area (Å²) in [6.07, 6.45) is 5.04. The average Bonchev–Trinajstić information content (AvgIpc) is 2.36. The van der Waals surface area contributed by atoms with E-state index in [4.69, 9.17) is 9.47 Å². The molecule has 0 aliphatic heterocycles. The highest BCUT2D eigenvalue weighted by Gasteiger charge is 1.95. The normalized spacial score (nSPS) is 10.5. The number of methoxy groups -OCH3 is 1. The van der Waals surface area contributed by atoms with Crippen LogP contribution >= 0.6 is 0 Å². The van der Waals surface area contributed by atoms with Crippen LogP contribution in [0.2, 0.25) is 0 Å². The molecule has 0 unspecified atom stereocenters. The lowest BCUT2D eigenvalue weighted by molar-refractivity contribution is -0.137. The Hall–Kier alpha value is -1.77. The minimum Gasteiger partial charge on any atom is -0.497 e.